The number of imidazole rings is 1. The summed E-state index contributed by atoms with van der Waals surface area (Å²) in [6.07, 6.45) is 8.99. The third-order valence-electron chi connectivity index (χ3n) is 2.95. The van der Waals surface area contributed by atoms with Crippen LogP contribution in [0.4, 0.5) is 0 Å². The number of benzene rings is 1. The Morgan fingerprint density at radius 2 is 1.95 bits per heavy atom. The van der Waals surface area contributed by atoms with Crippen LogP contribution in [-0.4, -0.2) is 23.3 Å². The lowest BCUT2D eigenvalue weighted by molar-refractivity contribution is 0.284. The van der Waals surface area contributed by atoms with Gasteiger partial charge in [0.05, 0.1) is 20.0 Å². The molecule has 1 aromatic carbocycles. The van der Waals surface area contributed by atoms with Crippen molar-refractivity contribution in [2.24, 2.45) is 0 Å². The van der Waals surface area contributed by atoms with E-state index in [9.17, 15) is 0 Å². The smallest absolute Gasteiger partial charge is 0.161 e. The van der Waals surface area contributed by atoms with Gasteiger partial charge in [0.25, 0.3) is 0 Å². The molecule has 0 N–H and O–H groups in total. The molecule has 19 heavy (non-hydrogen) atoms. The van der Waals surface area contributed by atoms with E-state index < -0.39 is 0 Å². The fourth-order valence-electron chi connectivity index (χ4n) is 1.91. The number of hydrogen-bond acceptors (Lipinski definition) is 3. The van der Waals surface area contributed by atoms with Crippen LogP contribution in [0.3, 0.4) is 0 Å². The van der Waals surface area contributed by atoms with E-state index in [0.717, 1.165) is 43.9 Å². The van der Waals surface area contributed by atoms with E-state index in [1.165, 1.54) is 0 Å². The molecule has 0 atom stereocenters. The largest absolute Gasteiger partial charge is 0.493 e. The van der Waals surface area contributed by atoms with E-state index in [2.05, 4.69) is 9.55 Å². The number of methoxy groups -OCH3 is 1. The topological polar surface area (TPSA) is 36.3 Å². The van der Waals surface area contributed by atoms with Gasteiger partial charge in [-0.05, 0) is 31.4 Å². The molecular formula is C15H20N2O2. The van der Waals surface area contributed by atoms with Gasteiger partial charge in [-0.2, -0.15) is 0 Å². The van der Waals surface area contributed by atoms with E-state index in [4.69, 9.17) is 9.47 Å². The van der Waals surface area contributed by atoms with Gasteiger partial charge in [0.2, 0.25) is 0 Å². The lowest BCUT2D eigenvalue weighted by Gasteiger charge is -2.10. The van der Waals surface area contributed by atoms with E-state index in [1.54, 1.807) is 7.11 Å². The molecule has 0 saturated carbocycles. The van der Waals surface area contributed by atoms with Gasteiger partial charge in [-0.3, -0.25) is 0 Å². The normalized spacial score (nSPS) is 10.4. The minimum absolute atomic E-state index is 0.726. The van der Waals surface area contributed by atoms with Crippen LogP contribution in [-0.2, 0) is 6.54 Å². The van der Waals surface area contributed by atoms with Gasteiger partial charge >= 0.3 is 0 Å². The van der Waals surface area contributed by atoms with Crippen molar-refractivity contribution in [1.82, 2.24) is 9.55 Å². The molecule has 0 spiro atoms. The minimum Gasteiger partial charge on any atom is -0.493 e. The highest BCUT2D eigenvalue weighted by atomic mass is 16.5. The number of rotatable bonds is 8. The van der Waals surface area contributed by atoms with E-state index >= 15 is 0 Å². The Morgan fingerprint density at radius 3 is 2.68 bits per heavy atom. The lowest BCUT2D eigenvalue weighted by Crippen LogP contribution is -2.00. The Labute approximate surface area is 114 Å². The van der Waals surface area contributed by atoms with Crippen LogP contribution in [0.15, 0.2) is 43.0 Å². The van der Waals surface area contributed by atoms with Crippen LogP contribution in [0.2, 0.25) is 0 Å². The van der Waals surface area contributed by atoms with Gasteiger partial charge in [0.15, 0.2) is 11.5 Å². The summed E-state index contributed by atoms with van der Waals surface area (Å²) in [4.78, 5) is 4.02. The molecule has 4 heteroatoms. The lowest BCUT2D eigenvalue weighted by atomic mass is 10.2. The van der Waals surface area contributed by atoms with Gasteiger partial charge in [-0.15, -0.1) is 0 Å². The van der Waals surface area contributed by atoms with Crippen molar-refractivity contribution in [3.8, 4) is 11.5 Å². The molecule has 0 unspecified atom stereocenters. The summed E-state index contributed by atoms with van der Waals surface area (Å²) in [5.74, 6) is 1.61. The van der Waals surface area contributed by atoms with Gasteiger partial charge < -0.3 is 14.0 Å². The van der Waals surface area contributed by atoms with Crippen molar-refractivity contribution in [3.63, 3.8) is 0 Å². The number of hydrogen-bond donors (Lipinski definition) is 0. The number of aryl methyl sites for hydroxylation is 1. The third kappa shape index (κ3) is 4.32. The summed E-state index contributed by atoms with van der Waals surface area (Å²) in [5.41, 5.74) is 0. The second-order valence-electron chi connectivity index (χ2n) is 4.36. The van der Waals surface area contributed by atoms with Crippen LogP contribution in [0.25, 0.3) is 0 Å². The second-order valence-corrected chi connectivity index (χ2v) is 4.36. The SMILES string of the molecule is COc1ccccc1OCCCCCn1ccnc1. The standard InChI is InChI=1S/C15H20N2O2/c1-18-14-7-3-4-8-15(14)19-12-6-2-5-10-17-11-9-16-13-17/h3-4,7-9,11,13H,2,5-6,10,12H2,1H3. The maximum Gasteiger partial charge on any atom is 0.161 e. The average molecular weight is 260 g/mol. The third-order valence-corrected chi connectivity index (χ3v) is 2.95. The first-order chi connectivity index (χ1) is 9.40. The van der Waals surface area contributed by atoms with Crippen LogP contribution >= 0.6 is 0 Å². The highest BCUT2D eigenvalue weighted by Gasteiger charge is 2.01. The highest BCUT2D eigenvalue weighted by molar-refractivity contribution is 5.39. The molecule has 2 rings (SSSR count). The number of para-hydroxylation sites is 2. The second kappa shape index (κ2) is 7.46. The Morgan fingerprint density at radius 1 is 1.11 bits per heavy atom. The molecule has 1 aromatic heterocycles. The van der Waals surface area contributed by atoms with Crippen molar-refractivity contribution in [2.75, 3.05) is 13.7 Å². The summed E-state index contributed by atoms with van der Waals surface area (Å²) in [7, 11) is 1.66. The fourth-order valence-corrected chi connectivity index (χ4v) is 1.91. The quantitative estimate of drug-likeness (QED) is 0.684. The Hall–Kier alpha value is -1.97. The van der Waals surface area contributed by atoms with E-state index in [-0.39, 0.29) is 0 Å². The average Bonchev–Trinajstić information content (AvgIpc) is 2.96. The van der Waals surface area contributed by atoms with E-state index in [1.807, 2.05) is 43.0 Å². The van der Waals surface area contributed by atoms with Crippen molar-refractivity contribution in [1.29, 1.82) is 0 Å². The zero-order chi connectivity index (χ0) is 13.3. The molecule has 0 aliphatic heterocycles. The Kier molecular flexibility index (Phi) is 5.29. The zero-order valence-corrected chi connectivity index (χ0v) is 11.3. The molecule has 0 fully saturated rings. The minimum atomic E-state index is 0.726. The number of nitrogens with zero attached hydrogens (tertiary/aromatic N) is 2. The summed E-state index contributed by atoms with van der Waals surface area (Å²) < 4.78 is 13.1. The first-order valence-corrected chi connectivity index (χ1v) is 6.61. The predicted molar refractivity (Wildman–Crippen MR) is 74.6 cm³/mol. The summed E-state index contributed by atoms with van der Waals surface area (Å²) in [6.45, 7) is 1.75. The molecule has 0 radical (unpaired) electrons. The van der Waals surface area contributed by atoms with Crippen LogP contribution in [0.5, 0.6) is 11.5 Å². The Balaban J connectivity index is 1.61. The van der Waals surface area contributed by atoms with Crippen LogP contribution in [0.1, 0.15) is 19.3 Å². The van der Waals surface area contributed by atoms with Crippen LogP contribution < -0.4 is 9.47 Å². The van der Waals surface area contributed by atoms with Crippen molar-refractivity contribution in [2.45, 2.75) is 25.8 Å². The molecule has 1 heterocycles. The highest BCUT2D eigenvalue weighted by Crippen LogP contribution is 2.25. The van der Waals surface area contributed by atoms with Crippen molar-refractivity contribution in [3.05, 3.63) is 43.0 Å². The monoisotopic (exact) mass is 260 g/mol. The number of unbranched alkanes of at least 4 members (excludes halogenated alkanes) is 2. The maximum atomic E-state index is 5.72. The van der Waals surface area contributed by atoms with Gasteiger partial charge in [-0.25, -0.2) is 4.98 Å². The Bertz CT molecular complexity index is 469. The van der Waals surface area contributed by atoms with Crippen LogP contribution in [0, 0.1) is 0 Å². The fraction of sp³-hybridized carbons (Fsp3) is 0.400. The first kappa shape index (κ1) is 13.5. The van der Waals surface area contributed by atoms with Gasteiger partial charge in [-0.1, -0.05) is 12.1 Å². The zero-order valence-electron chi connectivity index (χ0n) is 11.3. The molecule has 0 aliphatic rings. The molecule has 2 aromatic rings. The summed E-state index contributed by atoms with van der Waals surface area (Å²) in [6, 6.07) is 7.74. The van der Waals surface area contributed by atoms with Crippen molar-refractivity contribution >= 4 is 0 Å². The van der Waals surface area contributed by atoms with E-state index in [0.29, 0.717) is 0 Å². The number of aromatic nitrogens is 2. The summed E-state index contributed by atoms with van der Waals surface area (Å²) in [5, 5.41) is 0. The molecular weight excluding hydrogens is 240 g/mol. The molecule has 0 amide bonds. The van der Waals surface area contributed by atoms with Gasteiger partial charge in [0.1, 0.15) is 0 Å². The molecule has 4 nitrogen and oxygen atoms in total. The predicted octanol–water partition coefficient (Wildman–Crippen LogP) is 3.14. The first-order valence-electron chi connectivity index (χ1n) is 6.61. The van der Waals surface area contributed by atoms with Gasteiger partial charge in [0, 0.05) is 18.9 Å². The maximum absolute atomic E-state index is 5.72. The van der Waals surface area contributed by atoms with Crippen molar-refractivity contribution < 1.29 is 9.47 Å². The number of ether oxygens (including phenoxy) is 2. The molecule has 0 aliphatic carbocycles. The molecule has 102 valence electrons. The molecule has 0 saturated heterocycles. The molecule has 0 bridgehead atoms. The summed E-state index contributed by atoms with van der Waals surface area (Å²) >= 11 is 0.